The van der Waals surface area contributed by atoms with Crippen LogP contribution in [0.5, 0.6) is 5.75 Å². The lowest BCUT2D eigenvalue weighted by Gasteiger charge is -2.38. The number of rotatable bonds is 2. The molecule has 7 nitrogen and oxygen atoms in total. The number of carbonyl (C=O) groups is 2. The summed E-state index contributed by atoms with van der Waals surface area (Å²) in [6.07, 6.45) is 7.01. The molecule has 0 bridgehead atoms. The average molecular weight is 376 g/mol. The van der Waals surface area contributed by atoms with Crippen molar-refractivity contribution < 1.29 is 14.3 Å². The second kappa shape index (κ2) is 6.74. The minimum atomic E-state index is -0.194. The predicted octanol–water partition coefficient (Wildman–Crippen LogP) is 2.62. The Balaban J connectivity index is 1.35. The lowest BCUT2D eigenvalue weighted by Crippen LogP contribution is -2.46. The van der Waals surface area contributed by atoms with Gasteiger partial charge in [-0.3, -0.25) is 9.59 Å². The number of amides is 1. The standard InChI is InChI=1S/C21H20N4O3/c26-17-11-19(28-18-7-2-1-6-15(17)18)14-5-3-9-24(13-14)21(27)16-12-23-25-10-4-8-22-20(16)25/h1-2,4,6-8,10,12,14,19H,3,5,9,11,13H2/t14-,19-/m0/s1. The summed E-state index contributed by atoms with van der Waals surface area (Å²) < 4.78 is 7.75. The first-order chi connectivity index (χ1) is 13.7. The molecule has 142 valence electrons. The average Bonchev–Trinajstić information content (AvgIpc) is 3.17. The maximum absolute atomic E-state index is 13.1. The predicted molar refractivity (Wildman–Crippen MR) is 101 cm³/mol. The molecule has 7 heteroatoms. The molecule has 0 radical (unpaired) electrons. The smallest absolute Gasteiger partial charge is 0.259 e. The van der Waals surface area contributed by atoms with Gasteiger partial charge in [0.1, 0.15) is 17.4 Å². The number of benzene rings is 1. The Bertz CT molecular complexity index is 1060. The fourth-order valence-electron chi connectivity index (χ4n) is 4.21. The normalized spacial score (nSPS) is 22.0. The van der Waals surface area contributed by atoms with Crippen LogP contribution in [0.3, 0.4) is 0 Å². The second-order valence-electron chi connectivity index (χ2n) is 7.38. The number of aromatic nitrogens is 3. The van der Waals surface area contributed by atoms with Gasteiger partial charge in [0.15, 0.2) is 11.4 Å². The Morgan fingerprint density at radius 2 is 2.11 bits per heavy atom. The van der Waals surface area contributed by atoms with Crippen molar-refractivity contribution in [3.05, 3.63) is 60.0 Å². The number of piperidine rings is 1. The van der Waals surface area contributed by atoms with E-state index in [1.165, 1.54) is 0 Å². The molecule has 0 aliphatic carbocycles. The molecule has 28 heavy (non-hydrogen) atoms. The monoisotopic (exact) mass is 376 g/mol. The minimum Gasteiger partial charge on any atom is -0.489 e. The summed E-state index contributed by atoms with van der Waals surface area (Å²) >= 11 is 0. The molecule has 0 unspecified atom stereocenters. The van der Waals surface area contributed by atoms with Gasteiger partial charge < -0.3 is 9.64 Å². The summed E-state index contributed by atoms with van der Waals surface area (Å²) in [4.78, 5) is 31.7. The van der Waals surface area contributed by atoms with E-state index in [2.05, 4.69) is 10.1 Å². The first-order valence-corrected chi connectivity index (χ1v) is 9.57. The van der Waals surface area contributed by atoms with E-state index in [0.29, 0.717) is 42.0 Å². The largest absolute Gasteiger partial charge is 0.489 e. The highest BCUT2D eigenvalue weighted by Gasteiger charge is 2.36. The van der Waals surface area contributed by atoms with E-state index in [9.17, 15) is 9.59 Å². The molecule has 3 aromatic rings. The van der Waals surface area contributed by atoms with Crippen LogP contribution in [-0.4, -0.2) is 50.4 Å². The number of para-hydroxylation sites is 1. The van der Waals surface area contributed by atoms with Gasteiger partial charge in [0.05, 0.1) is 11.8 Å². The second-order valence-corrected chi connectivity index (χ2v) is 7.38. The Hall–Kier alpha value is -3.22. The van der Waals surface area contributed by atoms with Crippen molar-refractivity contribution in [2.24, 2.45) is 5.92 Å². The molecule has 0 saturated carbocycles. The molecular formula is C21H20N4O3. The molecule has 5 rings (SSSR count). The van der Waals surface area contributed by atoms with Crippen LogP contribution in [-0.2, 0) is 0 Å². The lowest BCUT2D eigenvalue weighted by molar-refractivity contribution is 0.0410. The SMILES string of the molecule is O=C1C[C@@H]([C@H]2CCCN(C(=O)c3cnn4cccnc34)C2)Oc2ccccc21. The van der Waals surface area contributed by atoms with Crippen molar-refractivity contribution in [3.8, 4) is 5.75 Å². The van der Waals surface area contributed by atoms with Crippen molar-refractivity contribution in [1.82, 2.24) is 19.5 Å². The van der Waals surface area contributed by atoms with Crippen LogP contribution in [0.15, 0.2) is 48.9 Å². The van der Waals surface area contributed by atoms with E-state index in [1.807, 2.05) is 29.2 Å². The van der Waals surface area contributed by atoms with Crippen LogP contribution in [0, 0.1) is 5.92 Å². The van der Waals surface area contributed by atoms with Crippen LogP contribution in [0.1, 0.15) is 40.0 Å². The summed E-state index contributed by atoms with van der Waals surface area (Å²) in [6, 6.07) is 9.16. The van der Waals surface area contributed by atoms with Gasteiger partial charge in [-0.25, -0.2) is 9.50 Å². The number of nitrogens with zero attached hydrogens (tertiary/aromatic N) is 4. The van der Waals surface area contributed by atoms with Crippen LogP contribution in [0.2, 0.25) is 0 Å². The zero-order valence-corrected chi connectivity index (χ0v) is 15.3. The molecule has 1 amide bonds. The fourth-order valence-corrected chi connectivity index (χ4v) is 4.21. The fraction of sp³-hybridized carbons (Fsp3) is 0.333. The highest BCUT2D eigenvalue weighted by atomic mass is 16.5. The number of carbonyl (C=O) groups excluding carboxylic acids is 2. The topological polar surface area (TPSA) is 76.8 Å². The number of ketones is 1. The third-order valence-electron chi connectivity index (χ3n) is 5.63. The molecule has 4 heterocycles. The summed E-state index contributed by atoms with van der Waals surface area (Å²) in [6.45, 7) is 1.26. The van der Waals surface area contributed by atoms with Gasteiger partial charge in [0, 0.05) is 37.8 Å². The number of fused-ring (bicyclic) bond motifs is 2. The van der Waals surface area contributed by atoms with Gasteiger partial charge in [-0.2, -0.15) is 5.10 Å². The zero-order chi connectivity index (χ0) is 19.1. The summed E-state index contributed by atoms with van der Waals surface area (Å²) in [5, 5.41) is 4.22. The molecule has 1 saturated heterocycles. The Labute approximate surface area is 161 Å². The first-order valence-electron chi connectivity index (χ1n) is 9.57. The Kier molecular flexibility index (Phi) is 4.07. The number of ether oxygens (including phenoxy) is 1. The highest BCUT2D eigenvalue weighted by Crippen LogP contribution is 2.33. The van der Waals surface area contributed by atoms with E-state index >= 15 is 0 Å². The van der Waals surface area contributed by atoms with Crippen LogP contribution in [0.4, 0.5) is 0 Å². The molecule has 2 aliphatic heterocycles. The van der Waals surface area contributed by atoms with E-state index < -0.39 is 0 Å². The minimum absolute atomic E-state index is 0.0686. The molecule has 2 aliphatic rings. The lowest BCUT2D eigenvalue weighted by atomic mass is 9.86. The Morgan fingerprint density at radius 3 is 3.04 bits per heavy atom. The van der Waals surface area contributed by atoms with E-state index in [4.69, 9.17) is 4.74 Å². The van der Waals surface area contributed by atoms with Crippen LogP contribution in [0.25, 0.3) is 5.65 Å². The van der Waals surface area contributed by atoms with Crippen molar-refractivity contribution in [2.45, 2.75) is 25.4 Å². The van der Waals surface area contributed by atoms with Gasteiger partial charge >= 0.3 is 0 Å². The van der Waals surface area contributed by atoms with Crippen LogP contribution < -0.4 is 4.74 Å². The maximum Gasteiger partial charge on any atom is 0.259 e. The summed E-state index contributed by atoms with van der Waals surface area (Å²) in [5.74, 6) is 0.826. The van der Waals surface area contributed by atoms with Crippen LogP contribution >= 0.6 is 0 Å². The quantitative estimate of drug-likeness (QED) is 0.687. The maximum atomic E-state index is 13.1. The van der Waals surface area contributed by atoms with Crippen molar-refractivity contribution >= 4 is 17.3 Å². The van der Waals surface area contributed by atoms with Crippen molar-refractivity contribution in [2.75, 3.05) is 13.1 Å². The molecular weight excluding hydrogens is 356 g/mol. The van der Waals surface area contributed by atoms with Gasteiger partial charge in [-0.15, -0.1) is 0 Å². The number of hydrogen-bond donors (Lipinski definition) is 0. The number of likely N-dealkylation sites (tertiary alicyclic amines) is 1. The van der Waals surface area contributed by atoms with Gasteiger partial charge in [-0.1, -0.05) is 12.1 Å². The molecule has 0 spiro atoms. The van der Waals surface area contributed by atoms with Gasteiger partial charge in [-0.05, 0) is 31.0 Å². The van der Waals surface area contributed by atoms with E-state index in [1.54, 1.807) is 29.2 Å². The molecule has 1 fully saturated rings. The molecule has 1 aromatic carbocycles. The summed E-state index contributed by atoms with van der Waals surface area (Å²) in [7, 11) is 0. The third-order valence-corrected chi connectivity index (χ3v) is 5.63. The van der Waals surface area contributed by atoms with Gasteiger partial charge in [0.25, 0.3) is 5.91 Å². The molecule has 0 N–H and O–H groups in total. The molecule has 2 aromatic heterocycles. The van der Waals surface area contributed by atoms with E-state index in [0.717, 1.165) is 12.8 Å². The Morgan fingerprint density at radius 1 is 1.21 bits per heavy atom. The van der Waals surface area contributed by atoms with Crippen molar-refractivity contribution in [3.63, 3.8) is 0 Å². The third kappa shape index (κ3) is 2.83. The van der Waals surface area contributed by atoms with Gasteiger partial charge in [0.2, 0.25) is 0 Å². The number of hydrogen-bond acceptors (Lipinski definition) is 5. The molecule has 2 atom stereocenters. The summed E-state index contributed by atoms with van der Waals surface area (Å²) in [5.41, 5.74) is 1.72. The van der Waals surface area contributed by atoms with Crippen molar-refractivity contribution in [1.29, 1.82) is 0 Å². The zero-order valence-electron chi connectivity index (χ0n) is 15.3. The highest BCUT2D eigenvalue weighted by molar-refractivity contribution is 6.00. The number of Topliss-reactive ketones (excluding diaryl/α,β-unsaturated/α-hetero) is 1. The first kappa shape index (κ1) is 16.9. The van der Waals surface area contributed by atoms with E-state index in [-0.39, 0.29) is 23.7 Å².